The molecule has 1 spiro atoms. The summed E-state index contributed by atoms with van der Waals surface area (Å²) in [6.07, 6.45) is 11.8. The lowest BCUT2D eigenvalue weighted by Gasteiger charge is -2.43. The van der Waals surface area contributed by atoms with Crippen molar-refractivity contribution in [1.82, 2.24) is 10.2 Å². The summed E-state index contributed by atoms with van der Waals surface area (Å²) in [6, 6.07) is 10.7. The number of carbonyl (C=O) groups is 1. The molecular weight excluding hydrogens is 348 g/mol. The molecule has 2 aliphatic heterocycles. The first kappa shape index (κ1) is 19.1. The van der Waals surface area contributed by atoms with Gasteiger partial charge in [-0.25, -0.2) is 0 Å². The lowest BCUT2D eigenvalue weighted by Crippen LogP contribution is -2.43. The molecule has 4 rings (SSSR count). The third-order valence-corrected chi connectivity index (χ3v) is 6.83. The fourth-order valence-electron chi connectivity index (χ4n) is 4.89. The van der Waals surface area contributed by atoms with Gasteiger partial charge >= 0.3 is 0 Å². The lowest BCUT2D eigenvalue weighted by atomic mass is 9.63. The van der Waals surface area contributed by atoms with Gasteiger partial charge in [0, 0.05) is 51.9 Å². The average Bonchev–Trinajstić information content (AvgIpc) is 3.36. The van der Waals surface area contributed by atoms with Crippen LogP contribution in [0.15, 0.2) is 40.6 Å². The summed E-state index contributed by atoms with van der Waals surface area (Å²) in [6.45, 7) is 4.03. The minimum atomic E-state index is -0.362. The second-order valence-corrected chi connectivity index (χ2v) is 8.76. The highest BCUT2D eigenvalue weighted by Crippen LogP contribution is 2.51. The highest BCUT2D eigenvalue weighted by molar-refractivity contribution is 5.76. The van der Waals surface area contributed by atoms with E-state index < -0.39 is 0 Å². The van der Waals surface area contributed by atoms with E-state index in [2.05, 4.69) is 56.7 Å². The maximum atomic E-state index is 12.4. The van der Waals surface area contributed by atoms with Crippen molar-refractivity contribution in [2.75, 3.05) is 19.6 Å². The monoisotopic (exact) mass is 378 g/mol. The van der Waals surface area contributed by atoms with Crippen molar-refractivity contribution in [3.8, 4) is 12.3 Å². The van der Waals surface area contributed by atoms with Crippen LogP contribution in [-0.4, -0.2) is 36.1 Å². The predicted molar refractivity (Wildman–Crippen MR) is 109 cm³/mol. The van der Waals surface area contributed by atoms with E-state index in [4.69, 9.17) is 6.42 Å². The Morgan fingerprint density at radius 1 is 1.25 bits per heavy atom. The number of rotatable bonds is 9. The van der Waals surface area contributed by atoms with Gasteiger partial charge in [0.1, 0.15) is 0 Å². The number of likely N-dealkylation sites (tertiary alicyclic amines) is 1. The second-order valence-electron chi connectivity index (χ2n) is 8.76. The molecule has 3 aliphatic rings. The molecule has 1 N–H and O–H groups in total. The highest BCUT2D eigenvalue weighted by Gasteiger charge is 2.50. The molecular formula is C23H30N4O. The fraction of sp³-hybridized carbons (Fsp3) is 0.609. The Labute approximate surface area is 168 Å². The fourth-order valence-corrected chi connectivity index (χ4v) is 4.89. The van der Waals surface area contributed by atoms with E-state index in [-0.39, 0.29) is 11.6 Å². The molecule has 148 valence electrons. The maximum absolute atomic E-state index is 12.4. The van der Waals surface area contributed by atoms with E-state index in [1.165, 1.54) is 24.8 Å². The first-order valence-electron chi connectivity index (χ1n) is 10.5. The van der Waals surface area contributed by atoms with Crippen LogP contribution in [0.25, 0.3) is 0 Å². The number of hydrogen-bond donors (Lipinski definition) is 1. The molecule has 0 radical (unpaired) electrons. The summed E-state index contributed by atoms with van der Waals surface area (Å²) >= 11 is 0. The van der Waals surface area contributed by atoms with Gasteiger partial charge in [0.2, 0.25) is 5.91 Å². The third-order valence-electron chi connectivity index (χ3n) is 6.83. The lowest BCUT2D eigenvalue weighted by molar-refractivity contribution is -0.121. The molecule has 2 heterocycles. The summed E-state index contributed by atoms with van der Waals surface area (Å²) in [4.78, 5) is 15.0. The van der Waals surface area contributed by atoms with E-state index in [0.717, 1.165) is 32.6 Å². The Hall–Kier alpha value is -2.19. The first-order chi connectivity index (χ1) is 13.6. The molecule has 1 atom stereocenters. The zero-order valence-electron chi connectivity index (χ0n) is 16.6. The molecule has 1 saturated carbocycles. The van der Waals surface area contributed by atoms with Gasteiger partial charge in [0.05, 0.1) is 0 Å². The van der Waals surface area contributed by atoms with Crippen molar-refractivity contribution in [2.45, 2.75) is 57.2 Å². The topological polar surface area (TPSA) is 57.1 Å². The molecule has 1 amide bonds. The van der Waals surface area contributed by atoms with Crippen molar-refractivity contribution < 1.29 is 4.79 Å². The van der Waals surface area contributed by atoms with Gasteiger partial charge in [-0.15, -0.1) is 12.3 Å². The number of benzene rings is 1. The smallest absolute Gasteiger partial charge is 0.220 e. The molecule has 1 saturated heterocycles. The predicted octanol–water partition coefficient (Wildman–Crippen LogP) is 3.76. The highest BCUT2D eigenvalue weighted by atomic mass is 16.1. The summed E-state index contributed by atoms with van der Waals surface area (Å²) in [5.41, 5.74) is 1.42. The van der Waals surface area contributed by atoms with E-state index in [1.807, 2.05) is 0 Å². The third kappa shape index (κ3) is 4.28. The van der Waals surface area contributed by atoms with Gasteiger partial charge < -0.3 is 5.32 Å². The molecule has 5 nitrogen and oxygen atoms in total. The van der Waals surface area contributed by atoms with Crippen LogP contribution < -0.4 is 5.32 Å². The standard InChI is InChI=1S/C23H30N4O/c1-2-3-13-23(25-26-23)14-10-21(28)24-15-20-17-27(18-22(20)11-7-12-22)16-19-8-5-4-6-9-19/h1,4-6,8-9,20H,3,7,10-18H2,(H,24,28). The molecule has 28 heavy (non-hydrogen) atoms. The molecule has 1 aliphatic carbocycles. The number of terminal acetylenes is 1. The Morgan fingerprint density at radius 3 is 2.68 bits per heavy atom. The minimum Gasteiger partial charge on any atom is -0.356 e. The van der Waals surface area contributed by atoms with E-state index in [9.17, 15) is 4.79 Å². The molecule has 1 unspecified atom stereocenters. The number of carbonyl (C=O) groups excluding carboxylic acids is 1. The summed E-state index contributed by atoms with van der Waals surface area (Å²) in [5.74, 6) is 3.31. The van der Waals surface area contributed by atoms with Crippen molar-refractivity contribution in [3.05, 3.63) is 35.9 Å². The largest absolute Gasteiger partial charge is 0.356 e. The summed E-state index contributed by atoms with van der Waals surface area (Å²) in [7, 11) is 0. The Bertz CT molecular complexity index is 757. The average molecular weight is 379 g/mol. The van der Waals surface area contributed by atoms with Gasteiger partial charge in [0.25, 0.3) is 0 Å². The molecule has 0 bridgehead atoms. The van der Waals surface area contributed by atoms with E-state index in [1.54, 1.807) is 0 Å². The van der Waals surface area contributed by atoms with Gasteiger partial charge in [-0.2, -0.15) is 10.2 Å². The van der Waals surface area contributed by atoms with Crippen LogP contribution >= 0.6 is 0 Å². The van der Waals surface area contributed by atoms with Crippen molar-refractivity contribution in [3.63, 3.8) is 0 Å². The van der Waals surface area contributed by atoms with Crippen LogP contribution in [0.1, 0.15) is 50.5 Å². The summed E-state index contributed by atoms with van der Waals surface area (Å²) < 4.78 is 0. The molecule has 5 heteroatoms. The van der Waals surface area contributed by atoms with Crippen LogP contribution in [0, 0.1) is 23.7 Å². The quantitative estimate of drug-likeness (QED) is 0.665. The van der Waals surface area contributed by atoms with Crippen LogP contribution in [0.5, 0.6) is 0 Å². The van der Waals surface area contributed by atoms with Gasteiger partial charge in [-0.3, -0.25) is 9.69 Å². The second kappa shape index (κ2) is 8.05. The Balaban J connectivity index is 1.24. The number of hydrogen-bond acceptors (Lipinski definition) is 4. The van der Waals surface area contributed by atoms with Gasteiger partial charge in [-0.05, 0) is 29.7 Å². The Morgan fingerprint density at radius 2 is 2.04 bits per heavy atom. The van der Waals surface area contributed by atoms with E-state index >= 15 is 0 Å². The minimum absolute atomic E-state index is 0.119. The number of amides is 1. The van der Waals surface area contributed by atoms with E-state index in [0.29, 0.717) is 30.6 Å². The maximum Gasteiger partial charge on any atom is 0.220 e. The number of nitrogens with zero attached hydrogens (tertiary/aromatic N) is 3. The van der Waals surface area contributed by atoms with Gasteiger partial charge in [-0.1, -0.05) is 36.8 Å². The molecule has 0 aromatic heterocycles. The van der Waals surface area contributed by atoms with Crippen LogP contribution in [0.3, 0.4) is 0 Å². The van der Waals surface area contributed by atoms with Crippen molar-refractivity contribution >= 4 is 5.91 Å². The zero-order chi connectivity index (χ0) is 19.5. The summed E-state index contributed by atoms with van der Waals surface area (Å²) in [5, 5.41) is 11.4. The van der Waals surface area contributed by atoms with Crippen molar-refractivity contribution in [1.29, 1.82) is 0 Å². The first-order valence-corrected chi connectivity index (χ1v) is 10.5. The normalized spacial score (nSPS) is 23.9. The SMILES string of the molecule is C#CCCC1(CCC(=O)NCC2CN(Cc3ccccc3)CC23CCC3)N=N1. The van der Waals surface area contributed by atoms with Crippen LogP contribution in [0.4, 0.5) is 0 Å². The molecule has 2 fully saturated rings. The zero-order valence-corrected chi connectivity index (χ0v) is 16.6. The van der Waals surface area contributed by atoms with Crippen molar-refractivity contribution in [2.24, 2.45) is 21.6 Å². The molecule has 1 aromatic rings. The van der Waals surface area contributed by atoms with Gasteiger partial charge in [0.15, 0.2) is 5.66 Å². The van der Waals surface area contributed by atoms with Crippen LogP contribution in [-0.2, 0) is 11.3 Å². The number of nitrogens with one attached hydrogen (secondary N) is 1. The van der Waals surface area contributed by atoms with Crippen LogP contribution in [0.2, 0.25) is 0 Å². The Kier molecular flexibility index (Phi) is 5.50. The molecule has 1 aromatic carbocycles.